The van der Waals surface area contributed by atoms with E-state index < -0.39 is 12.7 Å². The average molecular weight is 570 g/mol. The number of nitrogens with two attached hydrogens (primary N) is 1. The van der Waals surface area contributed by atoms with Crippen molar-refractivity contribution in [3.63, 3.8) is 0 Å². The molecular formula is C38H40BNO3. The minimum absolute atomic E-state index is 0.236. The molecule has 43 heavy (non-hydrogen) atoms. The number of benzene rings is 6. The monoisotopic (exact) mass is 569 g/mol. The molecule has 0 saturated heterocycles. The molecule has 0 atom stereocenters. The van der Waals surface area contributed by atoms with Crippen LogP contribution in [-0.4, -0.2) is 30.5 Å². The van der Waals surface area contributed by atoms with E-state index in [1.54, 1.807) is 0 Å². The van der Waals surface area contributed by atoms with Crippen molar-refractivity contribution in [3.05, 3.63) is 144 Å². The molecule has 5 heteroatoms. The molecule has 4 N–H and O–H groups in total. The van der Waals surface area contributed by atoms with Gasteiger partial charge in [-0.3, -0.25) is 0 Å². The third kappa shape index (κ3) is 6.51. The third-order valence-corrected chi connectivity index (χ3v) is 8.27. The molecular weight excluding hydrogens is 529 g/mol. The number of unbranched alkanes of at least 4 members (excludes halogenated alkanes) is 1. The quantitative estimate of drug-likeness (QED) is 0.0888. The normalized spacial score (nSPS) is 11.4. The first-order valence-corrected chi connectivity index (χ1v) is 15.2. The van der Waals surface area contributed by atoms with Crippen LogP contribution in [0.4, 0.5) is 0 Å². The highest BCUT2D eigenvalue weighted by atomic mass is 16.6. The zero-order valence-corrected chi connectivity index (χ0v) is 24.8. The SMILES string of the molecule is CCCCN.OB(O)OCCCC(c1cccc2ccccc12)(c1cccc2ccccc12)c1cccc2ccccc12. The molecule has 6 aromatic carbocycles. The Morgan fingerprint density at radius 3 is 1.33 bits per heavy atom. The predicted molar refractivity (Wildman–Crippen MR) is 181 cm³/mol. The highest BCUT2D eigenvalue weighted by Gasteiger charge is 2.39. The first-order chi connectivity index (χ1) is 21.1. The largest absolute Gasteiger partial charge is 0.633 e. The minimum Gasteiger partial charge on any atom is -0.402 e. The van der Waals surface area contributed by atoms with E-state index in [1.165, 1.54) is 61.8 Å². The molecule has 0 spiro atoms. The van der Waals surface area contributed by atoms with Crippen LogP contribution in [0.1, 0.15) is 49.3 Å². The summed E-state index contributed by atoms with van der Waals surface area (Å²) in [5.74, 6) is 0. The van der Waals surface area contributed by atoms with Crippen LogP contribution >= 0.6 is 0 Å². The van der Waals surface area contributed by atoms with Gasteiger partial charge < -0.3 is 20.4 Å². The standard InChI is InChI=1S/C34H29BO3.C4H11N/c36-35(37)38-24-10-23-34(31-20-7-14-25-11-1-4-17-28(25)31,32-21-8-15-26-12-2-5-18-29(26)32)33-22-9-16-27-13-3-6-19-30(27)33;1-2-3-4-5/h1-9,11-22,36-37H,10,23-24H2;2-5H2,1H3. The molecule has 0 amide bonds. The molecule has 0 aliphatic heterocycles. The topological polar surface area (TPSA) is 75.7 Å². The molecule has 0 fully saturated rings. The molecule has 0 heterocycles. The van der Waals surface area contributed by atoms with Crippen LogP contribution in [0.3, 0.4) is 0 Å². The van der Waals surface area contributed by atoms with E-state index in [0.717, 1.165) is 13.0 Å². The highest BCUT2D eigenvalue weighted by Crippen LogP contribution is 2.49. The molecule has 0 aliphatic carbocycles. The van der Waals surface area contributed by atoms with Crippen molar-refractivity contribution in [2.24, 2.45) is 5.73 Å². The fourth-order valence-corrected chi connectivity index (χ4v) is 6.36. The summed E-state index contributed by atoms with van der Waals surface area (Å²) in [6, 6.07) is 45.4. The van der Waals surface area contributed by atoms with Crippen LogP contribution in [0.2, 0.25) is 0 Å². The maximum Gasteiger partial charge on any atom is 0.633 e. The third-order valence-electron chi connectivity index (χ3n) is 8.27. The summed E-state index contributed by atoms with van der Waals surface area (Å²) in [5.41, 5.74) is 8.29. The zero-order valence-electron chi connectivity index (χ0n) is 24.8. The molecule has 0 unspecified atom stereocenters. The van der Waals surface area contributed by atoms with E-state index in [9.17, 15) is 10.0 Å². The Labute approximate surface area is 254 Å². The van der Waals surface area contributed by atoms with Crippen molar-refractivity contribution in [1.29, 1.82) is 0 Å². The van der Waals surface area contributed by atoms with Gasteiger partial charge in [-0.15, -0.1) is 0 Å². The zero-order chi connectivity index (χ0) is 30.1. The number of hydrogen-bond donors (Lipinski definition) is 3. The van der Waals surface area contributed by atoms with E-state index in [1.807, 2.05) is 0 Å². The van der Waals surface area contributed by atoms with Gasteiger partial charge in [-0.2, -0.15) is 0 Å². The van der Waals surface area contributed by atoms with E-state index in [2.05, 4.69) is 134 Å². The van der Waals surface area contributed by atoms with Gasteiger partial charge in [0.05, 0.1) is 0 Å². The van der Waals surface area contributed by atoms with Gasteiger partial charge in [0.25, 0.3) is 0 Å². The Bertz CT molecular complexity index is 1580. The van der Waals surface area contributed by atoms with E-state index >= 15 is 0 Å². The summed E-state index contributed by atoms with van der Waals surface area (Å²) in [5, 5.41) is 26.0. The second kappa shape index (κ2) is 14.5. The summed E-state index contributed by atoms with van der Waals surface area (Å²) in [7, 11) is -1.78. The van der Waals surface area contributed by atoms with Gasteiger partial charge in [-0.25, -0.2) is 0 Å². The van der Waals surface area contributed by atoms with Crippen LogP contribution < -0.4 is 5.73 Å². The summed E-state index contributed by atoms with van der Waals surface area (Å²) in [6.07, 6.45) is 3.74. The van der Waals surface area contributed by atoms with Crippen molar-refractivity contribution < 1.29 is 14.7 Å². The van der Waals surface area contributed by atoms with Crippen LogP contribution in [0.15, 0.2) is 127 Å². The first-order valence-electron chi connectivity index (χ1n) is 15.2. The highest BCUT2D eigenvalue weighted by molar-refractivity contribution is 6.32. The number of fused-ring (bicyclic) bond motifs is 3. The van der Waals surface area contributed by atoms with Crippen molar-refractivity contribution in [3.8, 4) is 0 Å². The fraction of sp³-hybridized carbons (Fsp3) is 0.211. The minimum atomic E-state index is -1.78. The molecule has 0 aromatic heterocycles. The predicted octanol–water partition coefficient (Wildman–Crippen LogP) is 7.99. The first kappa shape index (κ1) is 30.5. The second-order valence-corrected chi connectivity index (χ2v) is 10.9. The van der Waals surface area contributed by atoms with E-state index in [4.69, 9.17) is 10.4 Å². The molecule has 0 saturated carbocycles. The lowest BCUT2D eigenvalue weighted by atomic mass is 9.63. The van der Waals surface area contributed by atoms with E-state index in [-0.39, 0.29) is 6.61 Å². The lowest BCUT2D eigenvalue weighted by molar-refractivity contribution is 0.179. The van der Waals surface area contributed by atoms with Gasteiger partial charge >= 0.3 is 7.32 Å². The van der Waals surface area contributed by atoms with Crippen molar-refractivity contribution in [2.45, 2.75) is 38.0 Å². The maximum absolute atomic E-state index is 9.39. The molecule has 218 valence electrons. The van der Waals surface area contributed by atoms with Crippen LogP contribution in [0, 0.1) is 0 Å². The van der Waals surface area contributed by atoms with Gasteiger partial charge in [0.1, 0.15) is 0 Å². The van der Waals surface area contributed by atoms with E-state index in [0.29, 0.717) is 6.42 Å². The van der Waals surface area contributed by atoms with Gasteiger partial charge in [0.2, 0.25) is 0 Å². The molecule has 0 aliphatic rings. The Morgan fingerprint density at radius 2 is 0.977 bits per heavy atom. The lowest BCUT2D eigenvalue weighted by Crippen LogP contribution is -2.31. The van der Waals surface area contributed by atoms with Gasteiger partial charge in [0, 0.05) is 12.0 Å². The Morgan fingerprint density at radius 1 is 0.581 bits per heavy atom. The van der Waals surface area contributed by atoms with Crippen LogP contribution in [0.5, 0.6) is 0 Å². The number of hydrogen-bond acceptors (Lipinski definition) is 4. The van der Waals surface area contributed by atoms with Gasteiger partial charge in [-0.05, 0) is 74.8 Å². The van der Waals surface area contributed by atoms with Crippen molar-refractivity contribution in [2.75, 3.05) is 13.2 Å². The summed E-state index contributed by atoms with van der Waals surface area (Å²) >= 11 is 0. The Balaban J connectivity index is 0.000000682. The summed E-state index contributed by atoms with van der Waals surface area (Å²) < 4.78 is 5.22. The molecule has 4 nitrogen and oxygen atoms in total. The lowest BCUT2D eigenvalue weighted by Gasteiger charge is -2.39. The maximum atomic E-state index is 9.39. The molecule has 6 aromatic rings. The summed E-state index contributed by atoms with van der Waals surface area (Å²) in [6.45, 7) is 3.21. The molecule has 0 radical (unpaired) electrons. The van der Waals surface area contributed by atoms with Crippen LogP contribution in [0.25, 0.3) is 32.3 Å². The Kier molecular flexibility index (Phi) is 10.2. The Hall–Kier alpha value is -4.00. The number of rotatable bonds is 10. The van der Waals surface area contributed by atoms with Crippen molar-refractivity contribution >= 4 is 39.6 Å². The summed E-state index contributed by atoms with van der Waals surface area (Å²) in [4.78, 5) is 0. The second-order valence-electron chi connectivity index (χ2n) is 10.9. The fourth-order valence-electron chi connectivity index (χ4n) is 6.36. The molecule has 6 rings (SSSR count). The smallest absolute Gasteiger partial charge is 0.402 e. The molecule has 0 bridgehead atoms. The van der Waals surface area contributed by atoms with Crippen molar-refractivity contribution in [1.82, 2.24) is 0 Å². The van der Waals surface area contributed by atoms with Crippen LogP contribution in [-0.2, 0) is 10.1 Å². The average Bonchev–Trinajstić information content (AvgIpc) is 3.05. The van der Waals surface area contributed by atoms with Gasteiger partial charge in [-0.1, -0.05) is 141 Å². The van der Waals surface area contributed by atoms with Gasteiger partial charge in [0.15, 0.2) is 0 Å².